The summed E-state index contributed by atoms with van der Waals surface area (Å²) in [6, 6.07) is 4.27. The van der Waals surface area contributed by atoms with Gasteiger partial charge in [-0.3, -0.25) is 0 Å². The van der Waals surface area contributed by atoms with Crippen LogP contribution in [0.5, 0.6) is 0 Å². The first-order chi connectivity index (χ1) is 8.30. The summed E-state index contributed by atoms with van der Waals surface area (Å²) < 4.78 is 7.73. The van der Waals surface area contributed by atoms with Crippen LogP contribution in [-0.4, -0.2) is 8.32 Å². The Balaban J connectivity index is 2.85. The molecule has 0 N–H and O–H groups in total. The Morgan fingerprint density at radius 2 is 1.56 bits per heavy atom. The topological polar surface area (TPSA) is 9.23 Å². The Kier molecular flexibility index (Phi) is 6.09. The minimum atomic E-state index is -1.71. The monoisotopic (exact) mass is 348 g/mol. The van der Waals surface area contributed by atoms with Gasteiger partial charge < -0.3 is 4.43 Å². The summed E-state index contributed by atoms with van der Waals surface area (Å²) in [6.07, 6.45) is 0. The molecule has 0 aliphatic carbocycles. The highest BCUT2D eigenvalue weighted by atomic mass is 79.9. The van der Waals surface area contributed by atoms with Crippen LogP contribution in [0.15, 0.2) is 15.9 Å². The smallest absolute Gasteiger partial charge is 0.200 e. The van der Waals surface area contributed by atoms with Gasteiger partial charge in [0, 0.05) is 4.88 Å². The second-order valence-electron chi connectivity index (χ2n) is 5.81. The van der Waals surface area contributed by atoms with E-state index in [1.807, 2.05) is 0 Å². The number of halogens is 1. The lowest BCUT2D eigenvalue weighted by Crippen LogP contribution is -2.47. The summed E-state index contributed by atoms with van der Waals surface area (Å²) in [6.45, 7) is 14.8. The molecular formula is C14H25BrOSSi. The Morgan fingerprint density at radius 3 is 1.89 bits per heavy atom. The van der Waals surface area contributed by atoms with E-state index in [1.54, 1.807) is 11.3 Å². The first-order valence-electron chi connectivity index (χ1n) is 6.68. The van der Waals surface area contributed by atoms with E-state index < -0.39 is 8.32 Å². The lowest BCUT2D eigenvalue weighted by Gasteiger charge is -2.42. The quantitative estimate of drug-likeness (QED) is 0.555. The molecule has 4 heteroatoms. The first kappa shape index (κ1) is 16.4. The summed E-state index contributed by atoms with van der Waals surface area (Å²) in [5.74, 6) is 0. The minimum Gasteiger partial charge on any atom is -0.411 e. The van der Waals surface area contributed by atoms with Gasteiger partial charge in [0.1, 0.15) is 0 Å². The summed E-state index contributed by atoms with van der Waals surface area (Å²) in [5.41, 5.74) is 1.96. The lowest BCUT2D eigenvalue weighted by atomic mass is 10.5. The predicted octanol–water partition coefficient (Wildman–Crippen LogP) is 6.20. The van der Waals surface area contributed by atoms with Crippen molar-refractivity contribution in [1.82, 2.24) is 0 Å². The van der Waals surface area contributed by atoms with Crippen molar-refractivity contribution >= 4 is 35.6 Å². The molecule has 0 amide bonds. The molecule has 0 radical (unpaired) electrons. The van der Waals surface area contributed by atoms with Crippen molar-refractivity contribution in [2.45, 2.75) is 64.8 Å². The van der Waals surface area contributed by atoms with Crippen LogP contribution in [0, 0.1) is 0 Å². The van der Waals surface area contributed by atoms with Gasteiger partial charge in [0.2, 0.25) is 8.32 Å². The Bertz CT molecular complexity index is 352. The van der Waals surface area contributed by atoms with E-state index in [0.29, 0.717) is 16.6 Å². The molecule has 0 aliphatic heterocycles. The maximum absolute atomic E-state index is 6.54. The van der Waals surface area contributed by atoms with Gasteiger partial charge in [-0.1, -0.05) is 41.5 Å². The zero-order valence-electron chi connectivity index (χ0n) is 12.3. The Hall–Kier alpha value is 0.357. The van der Waals surface area contributed by atoms with Crippen molar-refractivity contribution in [3.05, 3.63) is 20.8 Å². The van der Waals surface area contributed by atoms with E-state index in [-0.39, 0.29) is 0 Å². The molecule has 0 unspecified atom stereocenters. The molecule has 0 saturated heterocycles. The van der Waals surface area contributed by atoms with Gasteiger partial charge >= 0.3 is 0 Å². The van der Waals surface area contributed by atoms with Crippen molar-refractivity contribution in [2.75, 3.05) is 0 Å². The average molecular weight is 349 g/mol. The molecule has 18 heavy (non-hydrogen) atoms. The normalized spacial score (nSPS) is 13.0. The van der Waals surface area contributed by atoms with Crippen LogP contribution in [0.1, 0.15) is 46.4 Å². The third-order valence-electron chi connectivity index (χ3n) is 3.80. The zero-order chi connectivity index (χ0) is 13.9. The zero-order valence-corrected chi connectivity index (χ0v) is 15.7. The highest BCUT2D eigenvalue weighted by Gasteiger charge is 2.44. The van der Waals surface area contributed by atoms with Crippen LogP contribution in [0.4, 0.5) is 0 Å². The van der Waals surface area contributed by atoms with Crippen molar-refractivity contribution < 1.29 is 4.43 Å². The molecule has 0 saturated carbocycles. The van der Waals surface area contributed by atoms with Crippen molar-refractivity contribution in [3.8, 4) is 0 Å². The van der Waals surface area contributed by atoms with Crippen molar-refractivity contribution in [3.63, 3.8) is 0 Å². The highest BCUT2D eigenvalue weighted by Crippen LogP contribution is 2.43. The highest BCUT2D eigenvalue weighted by molar-refractivity contribution is 9.11. The number of hydrogen-bond donors (Lipinski definition) is 0. The van der Waals surface area contributed by atoms with Gasteiger partial charge in [-0.15, -0.1) is 11.3 Å². The molecule has 1 heterocycles. The second-order valence-corrected chi connectivity index (χ2v) is 13.8. The van der Waals surface area contributed by atoms with Gasteiger partial charge in [0.15, 0.2) is 0 Å². The van der Waals surface area contributed by atoms with Crippen LogP contribution in [0.3, 0.4) is 0 Å². The summed E-state index contributed by atoms with van der Waals surface area (Å²) >= 11 is 5.29. The first-order valence-corrected chi connectivity index (χ1v) is 10.4. The molecule has 1 nitrogen and oxygen atoms in total. The van der Waals surface area contributed by atoms with E-state index in [0.717, 1.165) is 6.61 Å². The summed E-state index contributed by atoms with van der Waals surface area (Å²) in [4.78, 5) is 1.32. The van der Waals surface area contributed by atoms with Crippen LogP contribution < -0.4 is 0 Å². The van der Waals surface area contributed by atoms with Crippen LogP contribution >= 0.6 is 27.3 Å². The molecule has 104 valence electrons. The van der Waals surface area contributed by atoms with Gasteiger partial charge in [-0.05, 0) is 44.7 Å². The second kappa shape index (κ2) is 6.68. The summed E-state index contributed by atoms with van der Waals surface area (Å²) in [7, 11) is -1.71. The Morgan fingerprint density at radius 1 is 1.06 bits per heavy atom. The fourth-order valence-corrected chi connectivity index (χ4v) is 10.0. The molecule has 0 fully saturated rings. The predicted molar refractivity (Wildman–Crippen MR) is 87.9 cm³/mol. The molecule has 0 atom stereocenters. The number of hydrogen-bond acceptors (Lipinski definition) is 2. The SMILES string of the molecule is CC(C)[Si](OCc1ccc(Br)s1)(C(C)C)C(C)C. The van der Waals surface area contributed by atoms with E-state index in [9.17, 15) is 0 Å². The molecular weight excluding hydrogens is 324 g/mol. The molecule has 1 aromatic rings. The van der Waals surface area contributed by atoms with Crippen LogP contribution in [-0.2, 0) is 11.0 Å². The molecule has 0 aliphatic rings. The molecule has 1 rings (SSSR count). The van der Waals surface area contributed by atoms with Crippen LogP contribution in [0.25, 0.3) is 0 Å². The van der Waals surface area contributed by atoms with E-state index >= 15 is 0 Å². The fourth-order valence-electron chi connectivity index (χ4n) is 3.13. The Labute approximate surface area is 125 Å². The summed E-state index contributed by atoms with van der Waals surface area (Å²) in [5, 5.41) is 0. The largest absolute Gasteiger partial charge is 0.411 e. The molecule has 1 aromatic heterocycles. The van der Waals surface area contributed by atoms with Gasteiger partial charge in [0.25, 0.3) is 0 Å². The lowest BCUT2D eigenvalue weighted by molar-refractivity contribution is 0.269. The van der Waals surface area contributed by atoms with Crippen molar-refractivity contribution in [1.29, 1.82) is 0 Å². The van der Waals surface area contributed by atoms with Gasteiger partial charge in [-0.2, -0.15) is 0 Å². The minimum absolute atomic E-state index is 0.654. The maximum Gasteiger partial charge on any atom is 0.200 e. The third kappa shape index (κ3) is 3.47. The molecule has 0 bridgehead atoms. The number of rotatable bonds is 6. The fraction of sp³-hybridized carbons (Fsp3) is 0.714. The molecule has 0 aromatic carbocycles. The number of thiophene rings is 1. The molecule has 0 spiro atoms. The van der Waals surface area contributed by atoms with Gasteiger partial charge in [-0.25, -0.2) is 0 Å². The maximum atomic E-state index is 6.54. The van der Waals surface area contributed by atoms with E-state index in [4.69, 9.17) is 4.43 Å². The van der Waals surface area contributed by atoms with Crippen molar-refractivity contribution in [2.24, 2.45) is 0 Å². The van der Waals surface area contributed by atoms with Crippen LogP contribution in [0.2, 0.25) is 16.6 Å². The van der Waals surface area contributed by atoms with E-state index in [1.165, 1.54) is 8.66 Å². The average Bonchev–Trinajstić information content (AvgIpc) is 2.63. The van der Waals surface area contributed by atoms with E-state index in [2.05, 4.69) is 69.6 Å². The third-order valence-corrected chi connectivity index (χ3v) is 11.5. The standard InChI is InChI=1S/C14H25BrOSSi/c1-10(2)18(11(3)4,12(5)6)16-9-13-7-8-14(15)17-13/h7-8,10-12H,9H2,1-6H3. The van der Waals surface area contributed by atoms with Gasteiger partial charge in [0.05, 0.1) is 10.4 Å².